The molecule has 6 nitrogen and oxygen atoms in total. The van der Waals surface area contributed by atoms with Crippen LogP contribution in [-0.4, -0.2) is 31.1 Å². The zero-order valence-electron chi connectivity index (χ0n) is 11.5. The average molecular weight is 276 g/mol. The first-order valence-electron chi connectivity index (χ1n) is 6.40. The SMILES string of the molecule is CCOC(=O)C1=Cc2cc([N+](=O)[O-])ccc2N(C)CC1. The van der Waals surface area contributed by atoms with Gasteiger partial charge in [0.2, 0.25) is 0 Å². The van der Waals surface area contributed by atoms with Crippen LogP contribution in [0, 0.1) is 10.1 Å². The molecular weight excluding hydrogens is 260 g/mol. The minimum absolute atomic E-state index is 0.0125. The van der Waals surface area contributed by atoms with Crippen molar-refractivity contribution in [3.8, 4) is 0 Å². The minimum atomic E-state index is -0.441. The van der Waals surface area contributed by atoms with Crippen LogP contribution in [-0.2, 0) is 9.53 Å². The molecule has 0 N–H and O–H groups in total. The summed E-state index contributed by atoms with van der Waals surface area (Å²) in [7, 11) is 1.90. The van der Waals surface area contributed by atoms with Crippen molar-refractivity contribution in [3.05, 3.63) is 39.4 Å². The van der Waals surface area contributed by atoms with Crippen molar-refractivity contribution in [1.82, 2.24) is 0 Å². The lowest BCUT2D eigenvalue weighted by molar-refractivity contribution is -0.384. The summed E-state index contributed by atoms with van der Waals surface area (Å²) in [6.07, 6.45) is 2.24. The number of nitro groups is 1. The van der Waals surface area contributed by atoms with Gasteiger partial charge in [-0.15, -0.1) is 0 Å². The number of anilines is 1. The number of ether oxygens (including phenoxy) is 1. The Hall–Kier alpha value is -2.37. The summed E-state index contributed by atoms with van der Waals surface area (Å²) in [4.78, 5) is 24.2. The van der Waals surface area contributed by atoms with Gasteiger partial charge in [-0.25, -0.2) is 4.79 Å². The fraction of sp³-hybridized carbons (Fsp3) is 0.357. The first-order valence-corrected chi connectivity index (χ1v) is 6.40. The summed E-state index contributed by atoms with van der Waals surface area (Å²) >= 11 is 0. The molecule has 1 aliphatic rings. The van der Waals surface area contributed by atoms with Crippen LogP contribution in [0.3, 0.4) is 0 Å². The fourth-order valence-corrected chi connectivity index (χ4v) is 2.17. The lowest BCUT2D eigenvalue weighted by Crippen LogP contribution is -2.19. The van der Waals surface area contributed by atoms with E-state index in [0.717, 1.165) is 5.69 Å². The van der Waals surface area contributed by atoms with E-state index in [1.54, 1.807) is 19.1 Å². The molecule has 6 heteroatoms. The molecule has 0 unspecified atom stereocenters. The van der Waals surface area contributed by atoms with Gasteiger partial charge in [-0.2, -0.15) is 0 Å². The average Bonchev–Trinajstić information content (AvgIpc) is 2.58. The maximum atomic E-state index is 11.8. The molecule has 0 amide bonds. The second-order valence-electron chi connectivity index (χ2n) is 4.56. The number of non-ortho nitro benzene ring substituents is 1. The van der Waals surface area contributed by atoms with Crippen LogP contribution in [0.25, 0.3) is 6.08 Å². The quantitative estimate of drug-likeness (QED) is 0.481. The third-order valence-corrected chi connectivity index (χ3v) is 3.22. The van der Waals surface area contributed by atoms with Crippen LogP contribution in [0.4, 0.5) is 11.4 Å². The van der Waals surface area contributed by atoms with Gasteiger partial charge in [0.15, 0.2) is 0 Å². The molecule has 0 saturated carbocycles. The number of benzene rings is 1. The molecule has 1 heterocycles. The Morgan fingerprint density at radius 3 is 2.90 bits per heavy atom. The molecule has 0 bridgehead atoms. The van der Waals surface area contributed by atoms with E-state index in [0.29, 0.717) is 30.7 Å². The number of hydrogen-bond donors (Lipinski definition) is 0. The van der Waals surface area contributed by atoms with Crippen molar-refractivity contribution >= 4 is 23.4 Å². The zero-order valence-corrected chi connectivity index (χ0v) is 11.5. The van der Waals surface area contributed by atoms with Crippen molar-refractivity contribution < 1.29 is 14.5 Å². The van der Waals surface area contributed by atoms with Crippen molar-refractivity contribution in [3.63, 3.8) is 0 Å². The van der Waals surface area contributed by atoms with Gasteiger partial charge < -0.3 is 9.64 Å². The second kappa shape index (κ2) is 5.73. The molecule has 0 aliphatic carbocycles. The topological polar surface area (TPSA) is 72.7 Å². The first-order chi connectivity index (χ1) is 9.52. The Morgan fingerprint density at radius 1 is 1.50 bits per heavy atom. The third-order valence-electron chi connectivity index (χ3n) is 3.22. The normalized spacial score (nSPS) is 14.1. The molecule has 0 spiro atoms. The molecule has 0 aromatic heterocycles. The van der Waals surface area contributed by atoms with Gasteiger partial charge in [0.05, 0.1) is 11.5 Å². The van der Waals surface area contributed by atoms with E-state index in [1.807, 2.05) is 11.9 Å². The highest BCUT2D eigenvalue weighted by atomic mass is 16.6. The van der Waals surface area contributed by atoms with Crippen LogP contribution in [0.15, 0.2) is 23.8 Å². The van der Waals surface area contributed by atoms with Crippen LogP contribution in [0.2, 0.25) is 0 Å². The molecule has 0 fully saturated rings. The number of esters is 1. The molecule has 1 aromatic carbocycles. The number of rotatable bonds is 3. The Kier molecular flexibility index (Phi) is 4.02. The summed E-state index contributed by atoms with van der Waals surface area (Å²) in [5.74, 6) is -0.361. The number of carbonyl (C=O) groups is 1. The van der Waals surface area contributed by atoms with Gasteiger partial charge in [0, 0.05) is 42.5 Å². The highest BCUT2D eigenvalue weighted by Crippen LogP contribution is 2.30. The largest absolute Gasteiger partial charge is 0.463 e. The summed E-state index contributed by atoms with van der Waals surface area (Å²) < 4.78 is 5.01. The van der Waals surface area contributed by atoms with E-state index in [9.17, 15) is 14.9 Å². The molecule has 20 heavy (non-hydrogen) atoms. The number of carbonyl (C=O) groups excluding carboxylic acids is 1. The molecule has 1 aromatic rings. The van der Waals surface area contributed by atoms with Gasteiger partial charge in [-0.3, -0.25) is 10.1 Å². The fourth-order valence-electron chi connectivity index (χ4n) is 2.17. The molecule has 2 rings (SSSR count). The number of nitrogens with zero attached hydrogens (tertiary/aromatic N) is 2. The van der Waals surface area contributed by atoms with E-state index in [1.165, 1.54) is 12.1 Å². The first kappa shape index (κ1) is 14.0. The number of hydrogen-bond acceptors (Lipinski definition) is 5. The summed E-state index contributed by atoms with van der Waals surface area (Å²) in [6, 6.07) is 4.66. The highest BCUT2D eigenvalue weighted by Gasteiger charge is 2.20. The van der Waals surface area contributed by atoms with Crippen molar-refractivity contribution in [2.45, 2.75) is 13.3 Å². The Morgan fingerprint density at radius 2 is 2.25 bits per heavy atom. The van der Waals surface area contributed by atoms with E-state index in [-0.39, 0.29) is 11.7 Å². The van der Waals surface area contributed by atoms with Crippen molar-refractivity contribution in [2.24, 2.45) is 0 Å². The minimum Gasteiger partial charge on any atom is -0.463 e. The Labute approximate surface area is 116 Å². The van der Waals surface area contributed by atoms with Gasteiger partial charge in [0.1, 0.15) is 0 Å². The highest BCUT2D eigenvalue weighted by molar-refractivity contribution is 5.95. The Bertz CT molecular complexity index is 581. The van der Waals surface area contributed by atoms with Crippen molar-refractivity contribution in [2.75, 3.05) is 25.1 Å². The maximum Gasteiger partial charge on any atom is 0.334 e. The smallest absolute Gasteiger partial charge is 0.334 e. The monoisotopic (exact) mass is 276 g/mol. The van der Waals surface area contributed by atoms with E-state index < -0.39 is 4.92 Å². The summed E-state index contributed by atoms with van der Waals surface area (Å²) in [5, 5.41) is 10.9. The molecule has 0 saturated heterocycles. The van der Waals surface area contributed by atoms with Gasteiger partial charge in [-0.05, 0) is 25.5 Å². The van der Waals surface area contributed by atoms with E-state index in [4.69, 9.17) is 4.74 Å². The predicted octanol–water partition coefficient (Wildman–Crippen LogP) is 2.38. The molecular formula is C14H16N2O4. The van der Waals surface area contributed by atoms with Crippen LogP contribution < -0.4 is 4.90 Å². The Balaban J connectivity index is 2.45. The van der Waals surface area contributed by atoms with Crippen molar-refractivity contribution in [1.29, 1.82) is 0 Å². The standard InChI is InChI=1S/C14H16N2O4/c1-3-20-14(17)10-6-7-15(2)13-5-4-12(16(18)19)9-11(13)8-10/h4-5,8-9H,3,6-7H2,1-2H3. The van der Waals surface area contributed by atoms with E-state index >= 15 is 0 Å². The molecule has 106 valence electrons. The van der Waals surface area contributed by atoms with Gasteiger partial charge >= 0.3 is 5.97 Å². The van der Waals surface area contributed by atoms with E-state index in [2.05, 4.69) is 0 Å². The zero-order chi connectivity index (χ0) is 14.7. The van der Waals surface area contributed by atoms with Gasteiger partial charge in [-0.1, -0.05) is 0 Å². The number of nitro benzene ring substituents is 1. The maximum absolute atomic E-state index is 11.8. The summed E-state index contributed by atoms with van der Waals surface area (Å²) in [5.41, 5.74) is 2.09. The van der Waals surface area contributed by atoms with Crippen LogP contribution in [0.1, 0.15) is 18.9 Å². The molecule has 0 atom stereocenters. The lowest BCUT2D eigenvalue weighted by Gasteiger charge is -2.18. The number of fused-ring (bicyclic) bond motifs is 1. The summed E-state index contributed by atoms with van der Waals surface area (Å²) in [6.45, 7) is 2.73. The van der Waals surface area contributed by atoms with Crippen LogP contribution in [0.5, 0.6) is 0 Å². The molecule has 1 aliphatic heterocycles. The predicted molar refractivity (Wildman–Crippen MR) is 75.6 cm³/mol. The molecule has 0 radical (unpaired) electrons. The second-order valence-corrected chi connectivity index (χ2v) is 4.56. The third kappa shape index (κ3) is 2.79. The van der Waals surface area contributed by atoms with Crippen LogP contribution >= 0.6 is 0 Å². The lowest BCUT2D eigenvalue weighted by atomic mass is 10.1. The van der Waals surface area contributed by atoms with Gasteiger partial charge in [0.25, 0.3) is 5.69 Å².